The molecule has 27 heavy (non-hydrogen) atoms. The third-order valence-corrected chi connectivity index (χ3v) is 5.54. The highest BCUT2D eigenvalue weighted by Crippen LogP contribution is 2.16. The summed E-state index contributed by atoms with van der Waals surface area (Å²) in [5, 5.41) is 3.31. The number of amides is 2. The number of aryl methyl sites for hydroxylation is 2. The molecule has 0 fully saturated rings. The van der Waals surface area contributed by atoms with Crippen LogP contribution in [0.3, 0.4) is 0 Å². The van der Waals surface area contributed by atoms with Gasteiger partial charge in [0.1, 0.15) is 17.2 Å². The maximum atomic E-state index is 13.0. The molecule has 0 radical (unpaired) electrons. The number of anilines is 1. The van der Waals surface area contributed by atoms with Crippen molar-refractivity contribution in [3.05, 3.63) is 40.0 Å². The van der Waals surface area contributed by atoms with Gasteiger partial charge in [-0.1, -0.05) is 6.07 Å². The quantitative estimate of drug-likeness (QED) is 0.812. The molecule has 8 heteroatoms. The minimum atomic E-state index is -0.118. The van der Waals surface area contributed by atoms with Crippen LogP contribution in [0.5, 0.6) is 0 Å². The molecule has 0 aromatic carbocycles. The largest absolute Gasteiger partial charge is 0.370 e. The Bertz CT molecular complexity index is 807. The SMILES string of the molecule is Cc1ncsc1C(=O)N1CCCc2cccc(n2)NCCCN(C)C(=O)C1. The number of carbonyl (C=O) groups excluding carboxylic acids is 2. The minimum absolute atomic E-state index is 0.0424. The molecular weight excluding hydrogens is 362 g/mol. The number of thiazole rings is 1. The number of fused-ring (bicyclic) bond motifs is 2. The number of carbonyl (C=O) groups is 2. The molecule has 0 spiro atoms. The maximum absolute atomic E-state index is 13.0. The molecule has 1 aliphatic heterocycles. The maximum Gasteiger partial charge on any atom is 0.266 e. The molecule has 3 heterocycles. The van der Waals surface area contributed by atoms with Gasteiger partial charge in [0, 0.05) is 32.4 Å². The van der Waals surface area contributed by atoms with Crippen molar-refractivity contribution in [2.24, 2.45) is 0 Å². The second-order valence-electron chi connectivity index (χ2n) is 6.71. The lowest BCUT2D eigenvalue weighted by Gasteiger charge is -2.25. The van der Waals surface area contributed by atoms with E-state index in [1.54, 1.807) is 22.4 Å². The number of nitrogens with zero attached hydrogens (tertiary/aromatic N) is 4. The molecule has 3 rings (SSSR count). The number of rotatable bonds is 1. The molecule has 0 atom stereocenters. The lowest BCUT2D eigenvalue weighted by atomic mass is 10.2. The first kappa shape index (κ1) is 19.3. The van der Waals surface area contributed by atoms with Crippen LogP contribution in [0.15, 0.2) is 23.7 Å². The Morgan fingerprint density at radius 2 is 2.11 bits per heavy atom. The van der Waals surface area contributed by atoms with Crippen LogP contribution in [0.2, 0.25) is 0 Å². The molecule has 2 bridgehead atoms. The van der Waals surface area contributed by atoms with E-state index in [1.807, 2.05) is 25.1 Å². The number of aromatic nitrogens is 2. The van der Waals surface area contributed by atoms with E-state index in [-0.39, 0.29) is 18.4 Å². The highest BCUT2D eigenvalue weighted by Gasteiger charge is 2.23. The Morgan fingerprint density at radius 3 is 2.89 bits per heavy atom. The normalized spacial score (nSPS) is 16.6. The third-order valence-electron chi connectivity index (χ3n) is 4.62. The first-order valence-electron chi connectivity index (χ1n) is 9.17. The summed E-state index contributed by atoms with van der Waals surface area (Å²) in [5.74, 6) is 0.693. The van der Waals surface area contributed by atoms with E-state index in [0.29, 0.717) is 23.7 Å². The van der Waals surface area contributed by atoms with Crippen LogP contribution in [0.25, 0.3) is 0 Å². The predicted octanol–water partition coefficient (Wildman–Crippen LogP) is 2.20. The molecule has 0 saturated carbocycles. The highest BCUT2D eigenvalue weighted by molar-refractivity contribution is 7.11. The van der Waals surface area contributed by atoms with Crippen LogP contribution < -0.4 is 5.32 Å². The van der Waals surface area contributed by atoms with Crippen LogP contribution in [-0.2, 0) is 11.2 Å². The van der Waals surface area contributed by atoms with Crippen LogP contribution in [-0.4, -0.2) is 64.8 Å². The Hall–Kier alpha value is -2.48. The van der Waals surface area contributed by atoms with Crippen LogP contribution in [0, 0.1) is 6.92 Å². The van der Waals surface area contributed by atoms with E-state index in [0.717, 1.165) is 37.3 Å². The van der Waals surface area contributed by atoms with E-state index in [9.17, 15) is 9.59 Å². The first-order valence-corrected chi connectivity index (χ1v) is 10.1. The summed E-state index contributed by atoms with van der Waals surface area (Å²) in [7, 11) is 1.79. The third kappa shape index (κ3) is 5.03. The summed E-state index contributed by atoms with van der Waals surface area (Å²) < 4.78 is 0. The van der Waals surface area contributed by atoms with E-state index >= 15 is 0 Å². The molecular formula is C19H25N5O2S. The van der Waals surface area contributed by atoms with Gasteiger partial charge in [-0.25, -0.2) is 9.97 Å². The Balaban J connectivity index is 1.79. The predicted molar refractivity (Wildman–Crippen MR) is 106 cm³/mol. The Labute approximate surface area is 163 Å². The molecule has 1 aliphatic rings. The lowest BCUT2D eigenvalue weighted by molar-refractivity contribution is -0.130. The van der Waals surface area contributed by atoms with Gasteiger partial charge in [0.2, 0.25) is 5.91 Å². The van der Waals surface area contributed by atoms with Gasteiger partial charge < -0.3 is 15.1 Å². The first-order chi connectivity index (χ1) is 13.0. The highest BCUT2D eigenvalue weighted by atomic mass is 32.1. The Morgan fingerprint density at radius 1 is 1.26 bits per heavy atom. The fourth-order valence-corrected chi connectivity index (χ4v) is 3.78. The summed E-state index contributed by atoms with van der Waals surface area (Å²) in [5.41, 5.74) is 3.37. The Kier molecular flexibility index (Phi) is 6.39. The average Bonchev–Trinajstić information content (AvgIpc) is 3.09. The average molecular weight is 388 g/mol. The zero-order valence-corrected chi connectivity index (χ0v) is 16.6. The van der Waals surface area contributed by atoms with Gasteiger partial charge in [0.25, 0.3) is 5.91 Å². The van der Waals surface area contributed by atoms with Crippen LogP contribution in [0.1, 0.15) is 33.9 Å². The zero-order valence-electron chi connectivity index (χ0n) is 15.8. The number of likely N-dealkylation sites (N-methyl/N-ethyl adjacent to an activating group) is 1. The van der Waals surface area contributed by atoms with Crippen molar-refractivity contribution in [1.29, 1.82) is 0 Å². The van der Waals surface area contributed by atoms with Gasteiger partial charge in [0.05, 0.1) is 11.2 Å². The van der Waals surface area contributed by atoms with E-state index in [4.69, 9.17) is 0 Å². The molecule has 0 unspecified atom stereocenters. The smallest absolute Gasteiger partial charge is 0.266 e. The molecule has 0 aliphatic carbocycles. The van der Waals surface area contributed by atoms with Gasteiger partial charge in [-0.05, 0) is 38.3 Å². The van der Waals surface area contributed by atoms with Crippen molar-refractivity contribution in [3.8, 4) is 0 Å². The van der Waals surface area contributed by atoms with Crippen molar-refractivity contribution < 1.29 is 9.59 Å². The molecule has 2 amide bonds. The zero-order chi connectivity index (χ0) is 19.2. The van der Waals surface area contributed by atoms with E-state index in [1.165, 1.54) is 11.3 Å². The summed E-state index contributed by atoms with van der Waals surface area (Å²) in [6.07, 6.45) is 2.32. The van der Waals surface area contributed by atoms with Gasteiger partial charge in [-0.15, -0.1) is 11.3 Å². The van der Waals surface area contributed by atoms with Crippen molar-refractivity contribution in [1.82, 2.24) is 19.8 Å². The lowest BCUT2D eigenvalue weighted by Crippen LogP contribution is -2.42. The van der Waals surface area contributed by atoms with E-state index in [2.05, 4.69) is 15.3 Å². The fraction of sp³-hybridized carbons (Fsp3) is 0.474. The van der Waals surface area contributed by atoms with Crippen LogP contribution in [0.4, 0.5) is 5.82 Å². The van der Waals surface area contributed by atoms with Gasteiger partial charge in [-0.3, -0.25) is 9.59 Å². The van der Waals surface area contributed by atoms with Crippen molar-refractivity contribution >= 4 is 29.0 Å². The van der Waals surface area contributed by atoms with Crippen LogP contribution >= 0.6 is 11.3 Å². The second-order valence-corrected chi connectivity index (χ2v) is 7.56. The molecule has 2 aromatic rings. The summed E-state index contributed by atoms with van der Waals surface area (Å²) in [6, 6.07) is 5.94. The van der Waals surface area contributed by atoms with Gasteiger partial charge in [0.15, 0.2) is 0 Å². The molecule has 7 nitrogen and oxygen atoms in total. The molecule has 1 N–H and O–H groups in total. The number of hydrogen-bond acceptors (Lipinski definition) is 6. The minimum Gasteiger partial charge on any atom is -0.370 e. The summed E-state index contributed by atoms with van der Waals surface area (Å²) in [6.45, 7) is 3.80. The van der Waals surface area contributed by atoms with Crippen molar-refractivity contribution in [2.45, 2.75) is 26.2 Å². The van der Waals surface area contributed by atoms with Crippen molar-refractivity contribution in [3.63, 3.8) is 0 Å². The van der Waals surface area contributed by atoms with E-state index < -0.39 is 0 Å². The molecule has 0 saturated heterocycles. The standard InChI is InChI=1S/C19H25N5O2S/c1-14-18(27-13-21-14)19(26)24-11-4-7-15-6-3-8-16(22-15)20-9-5-10-23(2)17(25)12-24/h3,6,8,13H,4-5,7,9-12H2,1-2H3,(H,20,22). The topological polar surface area (TPSA) is 78.4 Å². The molecule has 144 valence electrons. The number of pyridine rings is 1. The van der Waals surface area contributed by atoms with Crippen molar-refractivity contribution in [2.75, 3.05) is 38.5 Å². The van der Waals surface area contributed by atoms with Gasteiger partial charge in [-0.2, -0.15) is 0 Å². The van der Waals surface area contributed by atoms with Gasteiger partial charge >= 0.3 is 0 Å². The summed E-state index contributed by atoms with van der Waals surface area (Å²) >= 11 is 1.32. The second kappa shape index (κ2) is 8.94. The number of hydrogen-bond donors (Lipinski definition) is 1. The summed E-state index contributed by atoms with van der Waals surface area (Å²) in [4.78, 5) is 38.3. The molecule has 2 aromatic heterocycles. The number of nitrogens with one attached hydrogen (secondary N) is 1. The fourth-order valence-electron chi connectivity index (χ4n) is 3.01. The monoisotopic (exact) mass is 387 g/mol.